The van der Waals surface area contributed by atoms with Crippen LogP contribution in [0.2, 0.25) is 0 Å². The monoisotopic (exact) mass is 84.0 g/mol. The van der Waals surface area contributed by atoms with Gasteiger partial charge in [0.15, 0.2) is 0 Å². The summed E-state index contributed by atoms with van der Waals surface area (Å²) in [5.41, 5.74) is 0. The lowest BCUT2D eigenvalue weighted by Crippen LogP contribution is -1.18. The lowest BCUT2D eigenvalue weighted by molar-refractivity contribution is 0.630. The van der Waals surface area contributed by atoms with Crippen LogP contribution in [0, 0.1) is 0 Å². The van der Waals surface area contributed by atoms with Gasteiger partial charge in [-0.2, -0.15) is 0 Å². The molecule has 0 bridgehead atoms. The van der Waals surface area contributed by atoms with E-state index in [9.17, 15) is 0 Å². The van der Waals surface area contributed by atoms with Crippen LogP contribution >= 0.6 is 0 Å². The molecule has 3 nitrogen and oxygen atoms in total. The Balaban J connectivity index is 0. The molecule has 0 spiro atoms. The summed E-state index contributed by atoms with van der Waals surface area (Å²) in [6.45, 7) is 0. The van der Waals surface area contributed by atoms with Crippen molar-refractivity contribution in [3.63, 3.8) is 0 Å². The molecule has 0 aromatic carbocycles. The first-order chi connectivity index (χ1) is 1.41. The van der Waals surface area contributed by atoms with Crippen LogP contribution in [0.4, 0.5) is 0 Å². The van der Waals surface area contributed by atoms with Crippen molar-refractivity contribution in [2.45, 2.75) is 0 Å². The van der Waals surface area contributed by atoms with Gasteiger partial charge in [-0.05, 0) is 0 Å². The van der Waals surface area contributed by atoms with Gasteiger partial charge < -0.3 is 5.48 Å². The van der Waals surface area contributed by atoms with E-state index in [1.807, 2.05) is 0 Å². The molecular weight excluding hydrogens is 80.1 g/mol. The second kappa shape index (κ2) is 12.8. The zero-order chi connectivity index (χ0) is 2.71. The molecule has 0 aromatic heterocycles. The van der Waals surface area contributed by atoms with Crippen LogP contribution in [0.25, 0.3) is 0 Å². The van der Waals surface area contributed by atoms with Crippen molar-refractivity contribution >= 4 is 11.6 Å². The van der Waals surface area contributed by atoms with Gasteiger partial charge in [-0.25, -0.2) is 8.42 Å². The topological polar surface area (TPSA) is 65.6 Å². The van der Waals surface area contributed by atoms with E-state index in [2.05, 4.69) is 0 Å². The highest BCUT2D eigenvalue weighted by Crippen LogP contribution is 0.846. The maximum Gasteiger partial charge on any atom is 0.129 e. The second-order valence-corrected chi connectivity index (χ2v) is 0.250. The first-order valence-electron chi connectivity index (χ1n) is 0.408. The Morgan fingerprint density at radius 3 is 1.25 bits per heavy atom. The van der Waals surface area contributed by atoms with E-state index in [-0.39, 0.29) is 5.48 Å². The number of hydrogen-bond acceptors (Lipinski definition) is 2. The maximum atomic E-state index is 8.40. The summed E-state index contributed by atoms with van der Waals surface area (Å²) in [4.78, 5) is 0. The van der Waals surface area contributed by atoms with Crippen LogP contribution in [0.3, 0.4) is 0 Å². The summed E-state index contributed by atoms with van der Waals surface area (Å²) in [6, 6.07) is 0. The van der Waals surface area contributed by atoms with Crippen LogP contribution in [-0.4, -0.2) is 13.9 Å². The summed E-state index contributed by atoms with van der Waals surface area (Å²) >= 11 is -1.42. The van der Waals surface area contributed by atoms with E-state index in [4.69, 9.17) is 8.42 Å². The van der Waals surface area contributed by atoms with Crippen LogP contribution < -0.4 is 0 Å². The Morgan fingerprint density at radius 1 is 1.25 bits per heavy atom. The van der Waals surface area contributed by atoms with Gasteiger partial charge in [0.1, 0.15) is 11.6 Å². The molecule has 4 heteroatoms. The highest BCUT2D eigenvalue weighted by molar-refractivity contribution is 7.51. The van der Waals surface area contributed by atoms with Crippen LogP contribution in [-0.2, 0) is 11.6 Å². The molecule has 2 N–H and O–H groups in total. The largest absolute Gasteiger partial charge is 0.412 e. The van der Waals surface area contributed by atoms with Gasteiger partial charge >= 0.3 is 0 Å². The zero-order valence-corrected chi connectivity index (χ0v) is 2.82. The van der Waals surface area contributed by atoms with Crippen molar-refractivity contribution in [1.82, 2.24) is 0 Å². The van der Waals surface area contributed by atoms with Crippen LogP contribution in [0.15, 0.2) is 0 Å². The van der Waals surface area contributed by atoms with Gasteiger partial charge in [-0.15, -0.1) is 0 Å². The molecule has 0 saturated carbocycles. The Morgan fingerprint density at radius 2 is 1.25 bits per heavy atom. The van der Waals surface area contributed by atoms with Gasteiger partial charge in [0.25, 0.3) is 0 Å². The van der Waals surface area contributed by atoms with Crippen molar-refractivity contribution in [2.75, 3.05) is 0 Å². The van der Waals surface area contributed by atoms with Gasteiger partial charge in [0.05, 0.1) is 0 Å². The van der Waals surface area contributed by atoms with Crippen molar-refractivity contribution in [3.8, 4) is 0 Å². The summed E-state index contributed by atoms with van der Waals surface area (Å²) in [5, 5.41) is 0. The fraction of sp³-hybridized carbons (Fsp3) is 0. The van der Waals surface area contributed by atoms with Gasteiger partial charge in [-0.3, -0.25) is 0 Å². The fourth-order valence-corrected chi connectivity index (χ4v) is 0. The van der Waals surface area contributed by atoms with Crippen LogP contribution in [0.5, 0.6) is 0 Å². The van der Waals surface area contributed by atoms with Crippen LogP contribution in [0.1, 0.15) is 0 Å². The normalized spacial score (nSPS) is 4.00. The minimum atomic E-state index is -1.42. The lowest BCUT2D eigenvalue weighted by Gasteiger charge is -1.07. The summed E-state index contributed by atoms with van der Waals surface area (Å²) in [5.74, 6) is 0. The first-order valence-corrected chi connectivity index (χ1v) is 1.22. The molecule has 28 valence electrons. The molecule has 0 saturated heterocycles. The molecule has 0 atom stereocenters. The summed E-state index contributed by atoms with van der Waals surface area (Å²) < 4.78 is 16.8. The average molecular weight is 84.1 g/mol. The highest BCUT2D eigenvalue weighted by Gasteiger charge is 0.964. The zero-order valence-electron chi connectivity index (χ0n) is 1.82. The third kappa shape index (κ3) is 195. The molecule has 0 amide bonds. The lowest BCUT2D eigenvalue weighted by atomic mass is 15.9. The van der Waals surface area contributed by atoms with Gasteiger partial charge in [0.2, 0.25) is 0 Å². The first kappa shape index (κ1) is 9.08. The number of hydrogen-bond donors (Lipinski definition) is 0. The van der Waals surface area contributed by atoms with Crippen molar-refractivity contribution in [2.24, 2.45) is 0 Å². The Hall–Kier alpha value is -0.0900. The summed E-state index contributed by atoms with van der Waals surface area (Å²) in [7, 11) is 0. The van der Waals surface area contributed by atoms with E-state index >= 15 is 0 Å². The molecular formula is H4O3S. The maximum absolute atomic E-state index is 8.40. The molecule has 0 heterocycles. The number of rotatable bonds is 0. The molecule has 0 unspecified atom stereocenters. The molecule has 0 aliphatic carbocycles. The SMILES string of the molecule is O.O=[SH2]=O. The van der Waals surface area contributed by atoms with Crippen molar-refractivity contribution in [1.29, 1.82) is 0 Å². The van der Waals surface area contributed by atoms with Gasteiger partial charge in [-0.1, -0.05) is 0 Å². The molecule has 0 aromatic rings. The predicted octanol–water partition coefficient (Wildman–Crippen LogP) is -2.03. The Labute approximate surface area is 26.5 Å². The van der Waals surface area contributed by atoms with E-state index in [0.717, 1.165) is 0 Å². The summed E-state index contributed by atoms with van der Waals surface area (Å²) in [6.07, 6.45) is 0. The molecule has 4 heavy (non-hydrogen) atoms. The van der Waals surface area contributed by atoms with E-state index < -0.39 is 11.6 Å². The third-order valence-corrected chi connectivity index (χ3v) is 0. The average Bonchev–Trinajstić information content (AvgIpc) is 0.918. The highest BCUT2D eigenvalue weighted by atomic mass is 32.1. The fourth-order valence-electron chi connectivity index (χ4n) is 0. The molecule has 0 radical (unpaired) electrons. The van der Waals surface area contributed by atoms with Gasteiger partial charge in [0, 0.05) is 0 Å². The third-order valence-electron chi connectivity index (χ3n) is 0. The molecule has 0 aliphatic rings. The molecule has 0 rings (SSSR count). The predicted molar refractivity (Wildman–Crippen MR) is 15.3 cm³/mol. The minimum absolute atomic E-state index is 0. The van der Waals surface area contributed by atoms with Crippen molar-refractivity contribution < 1.29 is 13.9 Å². The van der Waals surface area contributed by atoms with E-state index in [0.29, 0.717) is 0 Å². The quantitative estimate of drug-likeness (QED) is 0.339. The minimum Gasteiger partial charge on any atom is -0.412 e. The Bertz CT molecular complexity index is 24.3. The molecule has 0 aliphatic heterocycles. The van der Waals surface area contributed by atoms with E-state index in [1.165, 1.54) is 0 Å². The molecule has 0 fully saturated rings. The van der Waals surface area contributed by atoms with E-state index in [1.54, 1.807) is 0 Å². The smallest absolute Gasteiger partial charge is 0.129 e. The van der Waals surface area contributed by atoms with Crippen molar-refractivity contribution in [3.05, 3.63) is 0 Å². The second-order valence-electron chi connectivity index (χ2n) is 0.0833. The Kier molecular flexibility index (Phi) is 29.1. The standard InChI is InChI=1S/H2O2S.H2O/c1-3-2;/h3H2;1H2.